The number of carbonyl (C=O) groups excluding carboxylic acids is 1. The molecule has 2 nitrogen and oxygen atoms in total. The van der Waals surface area contributed by atoms with Crippen LogP contribution in [0, 0.1) is 10.7 Å². The normalized spacial score (nSPS) is 14.8. The van der Waals surface area contributed by atoms with Gasteiger partial charge in [-0.05, 0) is 44.5 Å². The van der Waals surface area contributed by atoms with Crippen LogP contribution in [-0.2, 0) is 5.54 Å². The lowest BCUT2D eigenvalue weighted by atomic mass is 9.86. The van der Waals surface area contributed by atoms with E-state index in [9.17, 15) is 4.79 Å². The molecule has 1 aliphatic heterocycles. The number of benzene rings is 2. The molecule has 0 unspecified atom stereocenters. The van der Waals surface area contributed by atoms with Crippen molar-refractivity contribution in [1.82, 2.24) is 0 Å². The summed E-state index contributed by atoms with van der Waals surface area (Å²) in [7, 11) is 3.31. The Hall–Kier alpha value is -1.82. The van der Waals surface area contributed by atoms with Gasteiger partial charge in [-0.25, -0.2) is 0 Å². The molecule has 0 N–H and O–H groups in total. The molecule has 0 aliphatic carbocycles. The maximum atomic E-state index is 13.4. The van der Waals surface area contributed by atoms with E-state index in [1.807, 2.05) is 35.2 Å². The first kappa shape index (κ1) is 16.6. The molecule has 2 aromatic carbocycles. The van der Waals surface area contributed by atoms with Gasteiger partial charge in [0.1, 0.15) is 3.82 Å². The number of carbonyl (C=O) groups is 1. The number of aryl methyl sites for hydroxylation is 1. The van der Waals surface area contributed by atoms with E-state index in [0.29, 0.717) is 5.56 Å². The zero-order valence-corrected chi connectivity index (χ0v) is 16.6. The zero-order chi connectivity index (χ0) is 17.8. The van der Waals surface area contributed by atoms with Crippen LogP contribution < -0.4 is 4.90 Å². The van der Waals surface area contributed by atoms with Gasteiger partial charge in [0.05, 0.1) is 16.1 Å². The molecule has 0 radical (unpaired) electrons. The maximum absolute atomic E-state index is 13.4. The smallest absolute Gasteiger partial charge is 0.259 e. The van der Waals surface area contributed by atoms with Crippen LogP contribution in [0.4, 0.5) is 5.69 Å². The monoisotopic (exact) mass is 383 g/mol. The van der Waals surface area contributed by atoms with Crippen LogP contribution in [0.15, 0.2) is 48.5 Å². The van der Waals surface area contributed by atoms with Crippen LogP contribution in [0.1, 0.15) is 34.6 Å². The molecule has 0 atom stereocenters. The van der Waals surface area contributed by atoms with Gasteiger partial charge in [0.2, 0.25) is 0 Å². The average molecular weight is 384 g/mol. The number of hydrogen-bond acceptors (Lipinski definition) is 4. The third-order valence-corrected chi connectivity index (χ3v) is 7.96. The Morgan fingerprint density at radius 1 is 1.08 bits per heavy atom. The predicted octanol–water partition coefficient (Wildman–Crippen LogP) is 6.41. The molecular weight excluding hydrogens is 366 g/mol. The quantitative estimate of drug-likeness (QED) is 0.357. The van der Waals surface area contributed by atoms with Crippen molar-refractivity contribution in [2.24, 2.45) is 0 Å². The van der Waals surface area contributed by atoms with E-state index >= 15 is 0 Å². The van der Waals surface area contributed by atoms with Crippen molar-refractivity contribution < 1.29 is 4.79 Å². The molecule has 2 heterocycles. The second-order valence-corrected chi connectivity index (χ2v) is 9.56. The standard InChI is InChI=1S/C20H17NOS3/c1-12-9-10-14-15(11-12)21(18(22)13-7-5-4-6-8-13)20(2,3)17-16(14)19(23)25-24-17/h4-11H,1-3H3. The first-order chi connectivity index (χ1) is 11.9. The lowest BCUT2D eigenvalue weighted by molar-refractivity contribution is 0.0961. The van der Waals surface area contributed by atoms with Crippen LogP contribution in [-0.4, -0.2) is 5.91 Å². The minimum Gasteiger partial charge on any atom is -0.297 e. The molecule has 4 rings (SSSR count). The highest BCUT2D eigenvalue weighted by molar-refractivity contribution is 7.80. The molecule has 0 spiro atoms. The summed E-state index contributed by atoms with van der Waals surface area (Å²) in [5.41, 5.74) is 4.53. The fraction of sp³-hybridized carbons (Fsp3) is 0.200. The zero-order valence-electron chi connectivity index (χ0n) is 14.2. The molecular formula is C20H17NOS3. The van der Waals surface area contributed by atoms with E-state index in [1.165, 1.54) is 4.88 Å². The highest BCUT2D eigenvalue weighted by Crippen LogP contribution is 2.52. The molecule has 1 aliphatic rings. The summed E-state index contributed by atoms with van der Waals surface area (Å²) < 4.78 is 0.907. The maximum Gasteiger partial charge on any atom is 0.259 e. The minimum atomic E-state index is -0.443. The summed E-state index contributed by atoms with van der Waals surface area (Å²) in [6.07, 6.45) is 0. The van der Waals surface area contributed by atoms with Crippen molar-refractivity contribution in [2.45, 2.75) is 26.3 Å². The van der Waals surface area contributed by atoms with Crippen LogP contribution in [0.25, 0.3) is 11.1 Å². The summed E-state index contributed by atoms with van der Waals surface area (Å²) >= 11 is 5.61. The summed E-state index contributed by atoms with van der Waals surface area (Å²) in [6.45, 7) is 6.27. The molecule has 1 aromatic heterocycles. The van der Waals surface area contributed by atoms with E-state index in [-0.39, 0.29) is 5.91 Å². The minimum absolute atomic E-state index is 0.0208. The molecule has 126 valence electrons. The van der Waals surface area contributed by atoms with Crippen molar-refractivity contribution in [3.05, 3.63) is 68.4 Å². The Morgan fingerprint density at radius 2 is 1.80 bits per heavy atom. The fourth-order valence-corrected chi connectivity index (χ4v) is 6.69. The lowest BCUT2D eigenvalue weighted by Crippen LogP contribution is -2.47. The number of nitrogens with zero attached hydrogens (tertiary/aromatic N) is 1. The number of hydrogen-bond donors (Lipinski definition) is 0. The van der Waals surface area contributed by atoms with Crippen molar-refractivity contribution in [1.29, 1.82) is 0 Å². The summed E-state index contributed by atoms with van der Waals surface area (Å²) in [6, 6.07) is 15.8. The second kappa shape index (κ2) is 5.87. The highest BCUT2D eigenvalue weighted by atomic mass is 32.9. The third-order valence-electron chi connectivity index (χ3n) is 4.63. The van der Waals surface area contributed by atoms with Crippen molar-refractivity contribution in [2.75, 3.05) is 4.90 Å². The summed E-state index contributed by atoms with van der Waals surface area (Å²) in [5, 5.41) is 0. The van der Waals surface area contributed by atoms with E-state index in [2.05, 4.69) is 39.0 Å². The second-order valence-electron chi connectivity index (χ2n) is 6.74. The van der Waals surface area contributed by atoms with E-state index in [1.54, 1.807) is 20.7 Å². The Morgan fingerprint density at radius 3 is 2.52 bits per heavy atom. The summed E-state index contributed by atoms with van der Waals surface area (Å²) in [5.74, 6) is 0.0208. The number of rotatable bonds is 1. The van der Waals surface area contributed by atoms with E-state index in [0.717, 1.165) is 26.2 Å². The SMILES string of the molecule is Cc1ccc2c(c1)N(C(=O)c1ccccc1)C(C)(C)c1ssc(=S)c1-2. The molecule has 0 bridgehead atoms. The Balaban J connectivity index is 2.01. The molecule has 3 aromatic rings. The van der Waals surface area contributed by atoms with Gasteiger partial charge in [0.25, 0.3) is 5.91 Å². The van der Waals surface area contributed by atoms with E-state index in [4.69, 9.17) is 12.2 Å². The van der Waals surface area contributed by atoms with Gasteiger partial charge in [-0.2, -0.15) is 0 Å². The van der Waals surface area contributed by atoms with Crippen molar-refractivity contribution in [3.8, 4) is 11.1 Å². The first-order valence-corrected chi connectivity index (χ1v) is 10.6. The lowest BCUT2D eigenvalue weighted by Gasteiger charge is -2.43. The van der Waals surface area contributed by atoms with Gasteiger partial charge in [-0.3, -0.25) is 9.69 Å². The van der Waals surface area contributed by atoms with Crippen LogP contribution >= 0.6 is 32.9 Å². The average Bonchev–Trinajstić information content (AvgIpc) is 2.98. The van der Waals surface area contributed by atoms with Crippen LogP contribution in [0.3, 0.4) is 0 Å². The van der Waals surface area contributed by atoms with Gasteiger partial charge >= 0.3 is 0 Å². The molecule has 0 saturated carbocycles. The number of amides is 1. The predicted molar refractivity (Wildman–Crippen MR) is 109 cm³/mol. The van der Waals surface area contributed by atoms with Gasteiger partial charge in [-0.15, -0.1) is 0 Å². The highest BCUT2D eigenvalue weighted by Gasteiger charge is 2.43. The van der Waals surface area contributed by atoms with Gasteiger partial charge in [-0.1, -0.05) is 63.2 Å². The molecule has 25 heavy (non-hydrogen) atoms. The van der Waals surface area contributed by atoms with E-state index < -0.39 is 5.54 Å². The Labute approximate surface area is 159 Å². The van der Waals surface area contributed by atoms with Crippen molar-refractivity contribution >= 4 is 44.5 Å². The molecule has 0 saturated heterocycles. The Bertz CT molecular complexity index is 1030. The first-order valence-electron chi connectivity index (χ1n) is 8.05. The summed E-state index contributed by atoms with van der Waals surface area (Å²) in [4.78, 5) is 16.5. The van der Waals surface area contributed by atoms with Crippen LogP contribution in [0.2, 0.25) is 0 Å². The fourth-order valence-electron chi connectivity index (χ4n) is 3.41. The molecule has 1 amide bonds. The van der Waals surface area contributed by atoms with Crippen LogP contribution in [0.5, 0.6) is 0 Å². The number of anilines is 1. The third kappa shape index (κ3) is 2.49. The molecule has 5 heteroatoms. The topological polar surface area (TPSA) is 20.3 Å². The molecule has 0 fully saturated rings. The Kier molecular flexibility index (Phi) is 3.90. The largest absolute Gasteiger partial charge is 0.297 e. The van der Waals surface area contributed by atoms with Gasteiger partial charge in [0, 0.05) is 16.7 Å². The van der Waals surface area contributed by atoms with Crippen molar-refractivity contribution in [3.63, 3.8) is 0 Å². The van der Waals surface area contributed by atoms with Gasteiger partial charge in [0.15, 0.2) is 0 Å². The van der Waals surface area contributed by atoms with Gasteiger partial charge < -0.3 is 0 Å². The number of fused-ring (bicyclic) bond motifs is 3.